The molecule has 0 aliphatic rings. The van der Waals surface area contributed by atoms with E-state index in [4.69, 9.17) is 19.4 Å². The zero-order chi connectivity index (χ0) is 42.8. The fourth-order valence-electron chi connectivity index (χ4n) is 6.82. The average molecular weight is 804 g/mol. The number of hydrogen-bond donors (Lipinski definition) is 0. The van der Waals surface area contributed by atoms with Crippen molar-refractivity contribution in [2.45, 2.75) is 79.9 Å². The van der Waals surface area contributed by atoms with Crippen molar-refractivity contribution < 1.29 is 48.1 Å². The van der Waals surface area contributed by atoms with E-state index in [0.717, 1.165) is 31.9 Å². The highest BCUT2D eigenvalue weighted by molar-refractivity contribution is 6.14. The molecular formula is C44H45N5O10. The van der Waals surface area contributed by atoms with E-state index in [1.807, 2.05) is 55.5 Å². The van der Waals surface area contributed by atoms with Crippen molar-refractivity contribution in [3.05, 3.63) is 119 Å². The number of hydroxylamine groups is 4. The van der Waals surface area contributed by atoms with Crippen molar-refractivity contribution in [1.82, 2.24) is 14.7 Å². The van der Waals surface area contributed by atoms with Crippen LogP contribution in [0, 0.1) is 0 Å². The Kier molecular flexibility index (Phi) is 14.1. The van der Waals surface area contributed by atoms with Crippen LogP contribution in [0.3, 0.4) is 0 Å². The molecule has 1 heterocycles. The zero-order valence-corrected chi connectivity index (χ0v) is 33.8. The topological polar surface area (TPSA) is 175 Å². The molecule has 0 radical (unpaired) electrons. The molecule has 2 amide bonds. The van der Waals surface area contributed by atoms with Crippen LogP contribution in [0.15, 0.2) is 107 Å². The number of aromatic nitrogens is 1. The van der Waals surface area contributed by atoms with Crippen LogP contribution in [0.5, 0.6) is 0 Å². The van der Waals surface area contributed by atoms with Crippen molar-refractivity contribution in [2.24, 2.45) is 10.3 Å². The van der Waals surface area contributed by atoms with Gasteiger partial charge in [0.2, 0.25) is 0 Å². The molecule has 0 bridgehead atoms. The largest absolute Gasteiger partial charge is 0.341 e. The minimum absolute atomic E-state index is 0.0254. The second kappa shape index (κ2) is 19.3. The van der Waals surface area contributed by atoms with Crippen LogP contribution in [-0.2, 0) is 54.7 Å². The molecule has 59 heavy (non-hydrogen) atoms. The maximum atomic E-state index is 12.9. The number of rotatable bonds is 13. The fourth-order valence-corrected chi connectivity index (χ4v) is 6.82. The Labute approximate surface area is 340 Å². The standard InChI is InChI=1S/C44H45N5O10/c1-8-47-41-21-19-35(39(45-56-29(4)52)25-43(33-15-11-9-12-16-33)48(27(2)50)58-31(6)54)23-37(41)38-24-36(20-22-42(38)47)40(46-57-30(5)53)26-44(34-17-13-10-14-18-34)49(28(3)51)59-32(7)55/h9-24,43-44H,8,25-26H2,1-7H3. The van der Waals surface area contributed by atoms with Gasteiger partial charge in [0.15, 0.2) is 0 Å². The number of amides is 2. The minimum atomic E-state index is -0.856. The predicted octanol–water partition coefficient (Wildman–Crippen LogP) is 7.26. The number of aryl methyl sites for hydroxylation is 1. The first kappa shape index (κ1) is 43.0. The van der Waals surface area contributed by atoms with E-state index < -0.39 is 47.8 Å². The van der Waals surface area contributed by atoms with Crippen molar-refractivity contribution in [1.29, 1.82) is 0 Å². The maximum Gasteiger partial charge on any atom is 0.331 e. The molecule has 0 saturated heterocycles. The molecule has 0 spiro atoms. The molecule has 306 valence electrons. The summed E-state index contributed by atoms with van der Waals surface area (Å²) in [4.78, 5) is 95.5. The molecule has 4 aromatic carbocycles. The fraction of sp³-hybridized carbons (Fsp3) is 0.273. The molecule has 2 unspecified atom stereocenters. The van der Waals surface area contributed by atoms with Crippen LogP contribution in [0.4, 0.5) is 0 Å². The van der Waals surface area contributed by atoms with Gasteiger partial charge in [-0.1, -0.05) is 83.1 Å². The van der Waals surface area contributed by atoms with Crippen LogP contribution in [0.1, 0.15) is 95.6 Å². The van der Waals surface area contributed by atoms with Gasteiger partial charge in [-0.25, -0.2) is 9.59 Å². The van der Waals surface area contributed by atoms with E-state index in [0.29, 0.717) is 28.8 Å². The lowest BCUT2D eigenvalue weighted by Gasteiger charge is -2.29. The van der Waals surface area contributed by atoms with Gasteiger partial charge >= 0.3 is 23.9 Å². The summed E-state index contributed by atoms with van der Waals surface area (Å²) in [6.07, 6.45) is -0.0508. The van der Waals surface area contributed by atoms with Gasteiger partial charge < -0.3 is 23.9 Å². The summed E-state index contributed by atoms with van der Waals surface area (Å²) >= 11 is 0. The third kappa shape index (κ3) is 10.6. The van der Waals surface area contributed by atoms with Crippen molar-refractivity contribution in [2.75, 3.05) is 0 Å². The number of hydrogen-bond acceptors (Lipinski definition) is 12. The maximum absolute atomic E-state index is 12.9. The molecule has 0 aliphatic carbocycles. The molecule has 0 aliphatic heterocycles. The van der Waals surface area contributed by atoms with Crippen LogP contribution >= 0.6 is 0 Å². The minimum Gasteiger partial charge on any atom is -0.341 e. The highest BCUT2D eigenvalue weighted by Crippen LogP contribution is 2.35. The van der Waals surface area contributed by atoms with E-state index in [-0.39, 0.29) is 24.3 Å². The normalized spacial score (nSPS) is 12.7. The first-order valence-corrected chi connectivity index (χ1v) is 18.8. The quantitative estimate of drug-likeness (QED) is 0.0669. The second-order valence-electron chi connectivity index (χ2n) is 13.6. The summed E-state index contributed by atoms with van der Waals surface area (Å²) in [6, 6.07) is 27.4. The van der Waals surface area contributed by atoms with E-state index >= 15 is 0 Å². The van der Waals surface area contributed by atoms with Crippen molar-refractivity contribution >= 4 is 68.9 Å². The second-order valence-corrected chi connectivity index (χ2v) is 13.6. The van der Waals surface area contributed by atoms with Gasteiger partial charge in [-0.15, -0.1) is 0 Å². The average Bonchev–Trinajstić information content (AvgIpc) is 3.52. The number of benzene rings is 4. The number of nitrogens with zero attached hydrogens (tertiary/aromatic N) is 5. The SMILES string of the molecule is CCn1c2ccc(C(CC(c3ccccc3)N(OC(C)=O)C(C)=O)=NOC(C)=O)cc2c2cc(C(CC(c3ccccc3)N(OC(C)=O)C(C)=O)=NOC(C)=O)ccc21. The number of oxime groups is 2. The Morgan fingerprint density at radius 1 is 0.542 bits per heavy atom. The summed E-state index contributed by atoms with van der Waals surface area (Å²) < 4.78 is 2.11. The third-order valence-corrected chi connectivity index (χ3v) is 9.20. The van der Waals surface area contributed by atoms with E-state index in [1.165, 1.54) is 41.5 Å². The van der Waals surface area contributed by atoms with Crippen LogP contribution in [0.2, 0.25) is 0 Å². The van der Waals surface area contributed by atoms with Gasteiger partial charge in [0.05, 0.1) is 11.4 Å². The smallest absolute Gasteiger partial charge is 0.331 e. The Balaban J connectivity index is 1.69. The van der Waals surface area contributed by atoms with Gasteiger partial charge in [0.25, 0.3) is 11.8 Å². The number of carbonyl (C=O) groups is 6. The van der Waals surface area contributed by atoms with E-state index in [9.17, 15) is 28.8 Å². The van der Waals surface area contributed by atoms with Gasteiger partial charge in [-0.3, -0.25) is 19.2 Å². The molecule has 5 rings (SSSR count). The Hall–Kier alpha value is -7.16. The lowest BCUT2D eigenvalue weighted by atomic mass is 9.95. The first-order chi connectivity index (χ1) is 28.2. The molecule has 1 aromatic heterocycles. The third-order valence-electron chi connectivity index (χ3n) is 9.20. The zero-order valence-electron chi connectivity index (χ0n) is 33.8. The van der Waals surface area contributed by atoms with Crippen LogP contribution < -0.4 is 0 Å². The summed E-state index contributed by atoms with van der Waals surface area (Å²) in [5.41, 5.74) is 4.64. The van der Waals surface area contributed by atoms with E-state index in [1.54, 1.807) is 48.5 Å². The Bertz CT molecular complexity index is 2280. The molecule has 0 N–H and O–H groups in total. The number of carbonyl (C=O) groups excluding carboxylic acids is 6. The highest BCUT2D eigenvalue weighted by atomic mass is 16.7. The van der Waals surface area contributed by atoms with Gasteiger partial charge in [0, 0.05) is 93.9 Å². The van der Waals surface area contributed by atoms with Crippen LogP contribution in [0.25, 0.3) is 21.8 Å². The molecule has 15 nitrogen and oxygen atoms in total. The summed E-state index contributed by atoms with van der Waals surface area (Å²) in [6.45, 7) is 9.99. The molecular weight excluding hydrogens is 759 g/mol. The van der Waals surface area contributed by atoms with Crippen molar-refractivity contribution in [3.8, 4) is 0 Å². The summed E-state index contributed by atoms with van der Waals surface area (Å²) in [7, 11) is 0. The lowest BCUT2D eigenvalue weighted by molar-refractivity contribution is -0.204. The number of fused-ring (bicyclic) bond motifs is 3. The van der Waals surface area contributed by atoms with Gasteiger partial charge in [0.1, 0.15) is 12.1 Å². The Morgan fingerprint density at radius 3 is 1.22 bits per heavy atom. The van der Waals surface area contributed by atoms with E-state index in [2.05, 4.69) is 14.9 Å². The first-order valence-electron chi connectivity index (χ1n) is 18.8. The van der Waals surface area contributed by atoms with Gasteiger partial charge in [-0.05, 0) is 42.3 Å². The molecule has 2 atom stereocenters. The monoisotopic (exact) mass is 803 g/mol. The lowest BCUT2D eigenvalue weighted by Crippen LogP contribution is -2.36. The summed E-state index contributed by atoms with van der Waals surface area (Å²) in [5, 5.41) is 12.0. The highest BCUT2D eigenvalue weighted by Gasteiger charge is 2.31. The Morgan fingerprint density at radius 2 is 0.915 bits per heavy atom. The molecule has 5 aromatic rings. The summed E-state index contributed by atoms with van der Waals surface area (Å²) in [5.74, 6) is -3.79. The molecule has 0 fully saturated rings. The van der Waals surface area contributed by atoms with Gasteiger partial charge in [-0.2, -0.15) is 10.1 Å². The van der Waals surface area contributed by atoms with Crippen LogP contribution in [-0.4, -0.2) is 61.8 Å². The predicted molar refractivity (Wildman–Crippen MR) is 218 cm³/mol. The van der Waals surface area contributed by atoms with Crippen molar-refractivity contribution in [3.63, 3.8) is 0 Å². The molecule has 0 saturated carbocycles. The molecule has 15 heteroatoms.